The zero-order valence-electron chi connectivity index (χ0n) is 9.25. The predicted octanol–water partition coefficient (Wildman–Crippen LogP) is 1.75. The Bertz CT molecular complexity index is 447. The number of hydrogen-bond acceptors (Lipinski definition) is 3. The smallest absolute Gasteiger partial charge is 0.491 e. The van der Waals surface area contributed by atoms with E-state index >= 15 is 0 Å². The molecule has 0 spiro atoms. The highest BCUT2D eigenvalue weighted by atomic mass is 35.5. The number of hydrogen-bond donors (Lipinski definition) is 0. The van der Waals surface area contributed by atoms with E-state index in [9.17, 15) is 0 Å². The molecule has 0 unspecified atom stereocenters. The molecular formula is C11H12BClO3. The lowest BCUT2D eigenvalue weighted by Crippen LogP contribution is -2.40. The molecule has 0 N–H and O–H groups in total. The number of ether oxygens (including phenoxy) is 1. The quantitative estimate of drug-likeness (QED) is 0.645. The largest absolute Gasteiger partial charge is 0.498 e. The van der Waals surface area contributed by atoms with Gasteiger partial charge in [0.1, 0.15) is 12.4 Å². The molecule has 0 atom stereocenters. The molecule has 2 aliphatic rings. The molecule has 0 fully saturated rings. The molecule has 0 saturated heterocycles. The van der Waals surface area contributed by atoms with E-state index in [4.69, 9.17) is 25.6 Å². The summed E-state index contributed by atoms with van der Waals surface area (Å²) in [6, 6.07) is 3.73. The molecular weight excluding hydrogens is 226 g/mol. The van der Waals surface area contributed by atoms with E-state index in [0.717, 1.165) is 16.8 Å². The highest BCUT2D eigenvalue weighted by Gasteiger charge is 2.42. The van der Waals surface area contributed by atoms with E-state index in [1.165, 1.54) is 0 Å². The van der Waals surface area contributed by atoms with Gasteiger partial charge >= 0.3 is 7.12 Å². The summed E-state index contributed by atoms with van der Waals surface area (Å²) in [5.41, 5.74) is 1.59. The van der Waals surface area contributed by atoms with Crippen molar-refractivity contribution >= 4 is 24.2 Å². The zero-order valence-corrected chi connectivity index (χ0v) is 10.0. The van der Waals surface area contributed by atoms with Crippen molar-refractivity contribution in [3.8, 4) is 5.75 Å². The molecule has 0 aliphatic carbocycles. The van der Waals surface area contributed by atoms with Gasteiger partial charge in [0.05, 0.1) is 12.2 Å². The fraction of sp³-hybridized carbons (Fsp3) is 0.455. The molecule has 1 aromatic rings. The van der Waals surface area contributed by atoms with Crippen molar-refractivity contribution in [3.05, 3.63) is 22.7 Å². The van der Waals surface area contributed by atoms with Gasteiger partial charge in [-0.3, -0.25) is 0 Å². The second-order valence-electron chi connectivity index (χ2n) is 4.75. The third-order valence-corrected chi connectivity index (χ3v) is 3.23. The monoisotopic (exact) mass is 238 g/mol. The lowest BCUT2D eigenvalue weighted by atomic mass is 9.77. The van der Waals surface area contributed by atoms with E-state index in [0.29, 0.717) is 18.2 Å². The lowest BCUT2D eigenvalue weighted by molar-refractivity contribution is 0.0353. The average molecular weight is 238 g/mol. The Morgan fingerprint density at radius 1 is 1.38 bits per heavy atom. The first-order chi connectivity index (χ1) is 7.57. The van der Waals surface area contributed by atoms with Gasteiger partial charge in [-0.15, -0.1) is 0 Å². The number of rotatable bonds is 0. The van der Waals surface area contributed by atoms with E-state index in [1.807, 2.05) is 26.0 Å². The Kier molecular flexibility index (Phi) is 2.21. The summed E-state index contributed by atoms with van der Waals surface area (Å²) in [4.78, 5) is 0. The molecule has 84 valence electrons. The van der Waals surface area contributed by atoms with Crippen molar-refractivity contribution in [2.75, 3.05) is 6.61 Å². The van der Waals surface area contributed by atoms with Crippen molar-refractivity contribution in [3.63, 3.8) is 0 Å². The third-order valence-electron chi connectivity index (χ3n) is 2.88. The molecule has 2 aliphatic heterocycles. The van der Waals surface area contributed by atoms with Crippen LogP contribution < -0.4 is 10.2 Å². The standard InChI is InChI=1S/C11H12BClO3/c1-11(2)6-14-9-4-3-8(13)7-5-15-12(16-11)10(7)9/h3-4H,5-6H2,1-2H3. The Hall–Kier alpha value is -0.705. The maximum Gasteiger partial charge on any atom is 0.498 e. The summed E-state index contributed by atoms with van der Waals surface area (Å²) in [6.45, 7) is 4.98. The summed E-state index contributed by atoms with van der Waals surface area (Å²) < 4.78 is 17.2. The molecule has 5 heteroatoms. The first-order valence-electron chi connectivity index (χ1n) is 5.30. The van der Waals surface area contributed by atoms with Crippen LogP contribution >= 0.6 is 11.6 Å². The van der Waals surface area contributed by atoms with E-state index < -0.39 is 0 Å². The molecule has 0 radical (unpaired) electrons. The van der Waals surface area contributed by atoms with Crippen LogP contribution in [0.1, 0.15) is 19.4 Å². The van der Waals surface area contributed by atoms with Crippen LogP contribution in [0.15, 0.2) is 12.1 Å². The summed E-state index contributed by atoms with van der Waals surface area (Å²) in [5.74, 6) is 0.826. The van der Waals surface area contributed by atoms with Crippen LogP contribution in [0.2, 0.25) is 5.02 Å². The Balaban J connectivity index is 2.12. The Morgan fingerprint density at radius 2 is 2.19 bits per heavy atom. The molecule has 0 bridgehead atoms. The topological polar surface area (TPSA) is 27.7 Å². The normalized spacial score (nSPS) is 21.3. The second-order valence-corrected chi connectivity index (χ2v) is 5.15. The van der Waals surface area contributed by atoms with Crippen LogP contribution in [0, 0.1) is 0 Å². The van der Waals surface area contributed by atoms with Crippen LogP contribution in [-0.2, 0) is 15.9 Å². The highest BCUT2D eigenvalue weighted by molar-refractivity contribution is 6.64. The van der Waals surface area contributed by atoms with Gasteiger partial charge in [-0.25, -0.2) is 0 Å². The van der Waals surface area contributed by atoms with Crippen LogP contribution in [0.3, 0.4) is 0 Å². The van der Waals surface area contributed by atoms with E-state index in [-0.39, 0.29) is 12.7 Å². The predicted molar refractivity (Wildman–Crippen MR) is 62.3 cm³/mol. The fourth-order valence-corrected chi connectivity index (χ4v) is 2.28. The minimum Gasteiger partial charge on any atom is -0.491 e. The first-order valence-corrected chi connectivity index (χ1v) is 5.68. The SMILES string of the molecule is CC1(C)COc2ccc(Cl)c3c2B(OC3)O1. The molecule has 2 heterocycles. The Morgan fingerprint density at radius 3 is 3.00 bits per heavy atom. The minimum atomic E-state index is -0.349. The summed E-state index contributed by atoms with van der Waals surface area (Å²) in [6.07, 6.45) is 0. The van der Waals surface area contributed by atoms with Crippen molar-refractivity contribution in [2.45, 2.75) is 26.1 Å². The zero-order chi connectivity index (χ0) is 11.3. The van der Waals surface area contributed by atoms with Crippen LogP contribution in [0.25, 0.3) is 0 Å². The number of benzene rings is 1. The minimum absolute atomic E-state index is 0.346. The highest BCUT2D eigenvalue weighted by Crippen LogP contribution is 2.30. The van der Waals surface area contributed by atoms with Crippen LogP contribution in [0.4, 0.5) is 0 Å². The fourth-order valence-electron chi connectivity index (χ4n) is 2.06. The number of halogens is 1. The molecule has 0 saturated carbocycles. The maximum absolute atomic E-state index is 6.12. The van der Waals surface area contributed by atoms with Crippen molar-refractivity contribution in [1.29, 1.82) is 0 Å². The van der Waals surface area contributed by atoms with Gasteiger partial charge in [0.15, 0.2) is 0 Å². The van der Waals surface area contributed by atoms with Crippen LogP contribution in [-0.4, -0.2) is 19.3 Å². The van der Waals surface area contributed by atoms with E-state index in [1.54, 1.807) is 0 Å². The molecule has 0 amide bonds. The molecule has 0 aromatic heterocycles. The van der Waals surface area contributed by atoms with Gasteiger partial charge < -0.3 is 14.0 Å². The lowest BCUT2D eigenvalue weighted by Gasteiger charge is -2.24. The van der Waals surface area contributed by atoms with Gasteiger partial charge in [-0.2, -0.15) is 0 Å². The molecule has 3 nitrogen and oxygen atoms in total. The van der Waals surface area contributed by atoms with Crippen molar-refractivity contribution in [1.82, 2.24) is 0 Å². The summed E-state index contributed by atoms with van der Waals surface area (Å²) in [7, 11) is -0.346. The second kappa shape index (κ2) is 3.39. The molecule has 3 rings (SSSR count). The van der Waals surface area contributed by atoms with E-state index in [2.05, 4.69) is 0 Å². The summed E-state index contributed by atoms with van der Waals surface area (Å²) in [5, 5.41) is 0.716. The summed E-state index contributed by atoms with van der Waals surface area (Å²) >= 11 is 6.12. The third kappa shape index (κ3) is 1.53. The maximum atomic E-state index is 6.12. The van der Waals surface area contributed by atoms with Gasteiger partial charge in [-0.1, -0.05) is 11.6 Å². The van der Waals surface area contributed by atoms with Gasteiger partial charge in [0, 0.05) is 10.5 Å². The van der Waals surface area contributed by atoms with Crippen LogP contribution in [0.5, 0.6) is 5.75 Å². The molecule has 16 heavy (non-hydrogen) atoms. The Labute approximate surface area is 99.8 Å². The van der Waals surface area contributed by atoms with Crippen molar-refractivity contribution in [2.24, 2.45) is 0 Å². The average Bonchev–Trinajstić information content (AvgIpc) is 2.56. The first kappa shape index (κ1) is 10.4. The van der Waals surface area contributed by atoms with Gasteiger partial charge in [-0.05, 0) is 31.5 Å². The van der Waals surface area contributed by atoms with Gasteiger partial charge in [0.2, 0.25) is 0 Å². The van der Waals surface area contributed by atoms with Gasteiger partial charge in [0.25, 0.3) is 0 Å². The van der Waals surface area contributed by atoms with Crippen molar-refractivity contribution < 1.29 is 14.0 Å². The molecule has 1 aromatic carbocycles.